The maximum absolute atomic E-state index is 15.2. The number of likely N-dealkylation sites (tertiary alicyclic amines) is 1. The van der Waals surface area contributed by atoms with Gasteiger partial charge in [-0.3, -0.25) is 14.5 Å². The highest BCUT2D eigenvalue weighted by Crippen LogP contribution is 2.36. The fraction of sp³-hybridized carbons (Fsp3) is 0.404. The average Bonchev–Trinajstić information content (AvgIpc) is 3.25. The number of sulfone groups is 1. The summed E-state index contributed by atoms with van der Waals surface area (Å²) in [6.45, 7) is 8.97. The summed E-state index contributed by atoms with van der Waals surface area (Å²) in [6.07, 6.45) is 4.45. The number of nitrogens with zero attached hydrogens (tertiary/aromatic N) is 5. The van der Waals surface area contributed by atoms with Crippen molar-refractivity contribution >= 4 is 54.7 Å². The molecule has 2 N–H and O–H groups in total. The van der Waals surface area contributed by atoms with Crippen molar-refractivity contribution < 1.29 is 21.2 Å². The van der Waals surface area contributed by atoms with E-state index >= 15 is 4.39 Å². The molecule has 1 aromatic heterocycles. The van der Waals surface area contributed by atoms with Crippen molar-refractivity contribution in [1.29, 1.82) is 0 Å². The Labute approximate surface area is 381 Å². The zero-order valence-corrected chi connectivity index (χ0v) is 39.7. The number of thioether (sulfide) groups is 1. The number of benzene rings is 4. The Hall–Kier alpha value is -4.09. The summed E-state index contributed by atoms with van der Waals surface area (Å²) < 4.78 is 73.4. The molecule has 0 saturated carbocycles. The van der Waals surface area contributed by atoms with Gasteiger partial charge in [0, 0.05) is 58.5 Å². The Balaban J connectivity index is 1.04. The summed E-state index contributed by atoms with van der Waals surface area (Å²) >= 11 is 7.80. The van der Waals surface area contributed by atoms with E-state index < -0.39 is 24.6 Å². The van der Waals surface area contributed by atoms with E-state index in [1.807, 2.05) is 74.8 Å². The second-order valence-electron chi connectivity index (χ2n) is 17.6. The molecule has 1 fully saturated rings. The van der Waals surface area contributed by atoms with Gasteiger partial charge in [0.15, 0.2) is 9.84 Å². The van der Waals surface area contributed by atoms with Crippen LogP contribution in [0.15, 0.2) is 112 Å². The van der Waals surface area contributed by atoms with E-state index in [1.54, 1.807) is 44.7 Å². The standard InChI is InChI=1S/C47H57ClFN7O4S3/c1-47(2,3)62(57,58)45-28-38(18-19-43(45)52-35(20-24-54(4)5)31-61-37-10-7-6-8-11-37)63(59,60)53-46-40-23-27-56(30-44(40)50-32-51-46)36-21-25-55(26-22-36)29-41-39(12-9-13-42(41)49)33-14-16-34(48)17-15-33/h6-19,28,32,35-36,52H,20-27,29-31H2,1-5H3,(H,50,51,53). The molecule has 4 aromatic carbocycles. The molecule has 3 heterocycles. The van der Waals surface area contributed by atoms with Gasteiger partial charge in [0.1, 0.15) is 18.0 Å². The zero-order valence-electron chi connectivity index (χ0n) is 36.5. The van der Waals surface area contributed by atoms with Crippen LogP contribution in [0, 0.1) is 5.82 Å². The van der Waals surface area contributed by atoms with Crippen LogP contribution in [0.2, 0.25) is 5.02 Å². The van der Waals surface area contributed by atoms with Crippen LogP contribution < -0.4 is 10.0 Å². The predicted octanol–water partition coefficient (Wildman–Crippen LogP) is 8.86. The van der Waals surface area contributed by atoms with Crippen LogP contribution in [0.3, 0.4) is 0 Å². The first-order valence-corrected chi connectivity index (χ1v) is 25.6. The topological polar surface area (TPSA) is 128 Å². The van der Waals surface area contributed by atoms with Gasteiger partial charge >= 0.3 is 0 Å². The van der Waals surface area contributed by atoms with Gasteiger partial charge in [-0.15, -0.1) is 11.8 Å². The van der Waals surface area contributed by atoms with E-state index in [0.29, 0.717) is 48.1 Å². The lowest BCUT2D eigenvalue weighted by Crippen LogP contribution is -2.46. The third-order valence-corrected chi connectivity index (χ3v) is 17.1. The highest BCUT2D eigenvalue weighted by atomic mass is 35.5. The van der Waals surface area contributed by atoms with Gasteiger partial charge in [-0.1, -0.05) is 54.1 Å². The average molecular weight is 935 g/mol. The molecule has 16 heteroatoms. The smallest absolute Gasteiger partial charge is 0.263 e. The van der Waals surface area contributed by atoms with Gasteiger partial charge in [-0.25, -0.2) is 31.2 Å². The van der Waals surface area contributed by atoms with Gasteiger partial charge in [0.05, 0.1) is 25.9 Å². The number of aromatic nitrogens is 2. The van der Waals surface area contributed by atoms with Crippen LogP contribution in [0.25, 0.3) is 11.1 Å². The summed E-state index contributed by atoms with van der Waals surface area (Å²) in [5.41, 5.74) is 4.31. The van der Waals surface area contributed by atoms with Gasteiger partial charge in [-0.05, 0) is 140 Å². The number of anilines is 2. The molecule has 0 bridgehead atoms. The molecule has 336 valence electrons. The summed E-state index contributed by atoms with van der Waals surface area (Å²) in [4.78, 5) is 16.6. The number of rotatable bonds is 16. The molecule has 7 rings (SSSR count). The quantitative estimate of drug-likeness (QED) is 0.0922. The summed E-state index contributed by atoms with van der Waals surface area (Å²) in [5, 5.41) is 4.12. The molecule has 0 radical (unpaired) electrons. The molecule has 11 nitrogen and oxygen atoms in total. The third kappa shape index (κ3) is 11.4. The van der Waals surface area contributed by atoms with Crippen LogP contribution in [-0.4, -0.2) is 104 Å². The van der Waals surface area contributed by atoms with Gasteiger partial charge in [0.2, 0.25) is 0 Å². The fourth-order valence-corrected chi connectivity index (χ4v) is 11.8. The number of fused-ring (bicyclic) bond motifs is 1. The van der Waals surface area contributed by atoms with Crippen molar-refractivity contribution in [3.05, 3.63) is 125 Å². The fourth-order valence-electron chi connectivity index (χ4n) is 8.13. The number of nitrogens with one attached hydrogen (secondary N) is 2. The van der Waals surface area contributed by atoms with Crippen molar-refractivity contribution in [2.24, 2.45) is 0 Å². The van der Waals surface area contributed by atoms with Crippen molar-refractivity contribution in [2.75, 3.05) is 56.1 Å². The van der Waals surface area contributed by atoms with E-state index in [0.717, 1.165) is 66.2 Å². The summed E-state index contributed by atoms with van der Waals surface area (Å²) in [7, 11) is -4.28. The maximum Gasteiger partial charge on any atom is 0.263 e. The first-order valence-electron chi connectivity index (χ1n) is 21.3. The highest BCUT2D eigenvalue weighted by molar-refractivity contribution is 7.99. The van der Waals surface area contributed by atoms with Crippen LogP contribution in [0.5, 0.6) is 0 Å². The van der Waals surface area contributed by atoms with Crippen LogP contribution >= 0.6 is 23.4 Å². The number of piperidine rings is 1. The predicted molar refractivity (Wildman–Crippen MR) is 253 cm³/mol. The molecule has 0 aliphatic carbocycles. The second-order valence-corrected chi connectivity index (χ2v) is 23.5. The van der Waals surface area contributed by atoms with Crippen molar-refractivity contribution in [3.63, 3.8) is 0 Å². The highest BCUT2D eigenvalue weighted by Gasteiger charge is 2.36. The monoisotopic (exact) mass is 933 g/mol. The molecule has 1 saturated heterocycles. The van der Waals surface area contributed by atoms with E-state index in [2.05, 4.69) is 34.7 Å². The lowest BCUT2D eigenvalue weighted by molar-refractivity contribution is 0.0932. The molecule has 2 aliphatic rings. The van der Waals surface area contributed by atoms with Crippen molar-refractivity contribution in [3.8, 4) is 11.1 Å². The Morgan fingerprint density at radius 3 is 2.35 bits per heavy atom. The minimum absolute atomic E-state index is 0.0697. The third-order valence-electron chi connectivity index (χ3n) is 11.8. The molecule has 1 atom stereocenters. The van der Waals surface area contributed by atoms with Crippen LogP contribution in [-0.2, 0) is 39.4 Å². The van der Waals surface area contributed by atoms with E-state index in [-0.39, 0.29) is 33.5 Å². The molecule has 0 amide bonds. The minimum Gasteiger partial charge on any atom is -0.380 e. The van der Waals surface area contributed by atoms with E-state index in [9.17, 15) is 16.8 Å². The lowest BCUT2D eigenvalue weighted by Gasteiger charge is -2.40. The lowest BCUT2D eigenvalue weighted by atomic mass is 9.96. The Bertz CT molecular complexity index is 2590. The Morgan fingerprint density at radius 1 is 0.921 bits per heavy atom. The van der Waals surface area contributed by atoms with Crippen LogP contribution in [0.4, 0.5) is 15.9 Å². The van der Waals surface area contributed by atoms with E-state index in [1.165, 1.54) is 24.5 Å². The molecule has 1 unspecified atom stereocenters. The van der Waals surface area contributed by atoms with Gasteiger partial charge < -0.3 is 10.2 Å². The number of halogens is 2. The number of hydrogen-bond acceptors (Lipinski definition) is 11. The molecular formula is C47H57ClFN7O4S3. The molecule has 5 aromatic rings. The van der Waals surface area contributed by atoms with Gasteiger partial charge in [0.25, 0.3) is 10.0 Å². The largest absolute Gasteiger partial charge is 0.380 e. The maximum atomic E-state index is 15.2. The van der Waals surface area contributed by atoms with E-state index in [4.69, 9.17) is 11.6 Å². The Morgan fingerprint density at radius 2 is 1.65 bits per heavy atom. The Kier molecular flexibility index (Phi) is 14.9. The first kappa shape index (κ1) is 46.9. The molecular weight excluding hydrogens is 877 g/mol. The number of sulfonamides is 1. The molecule has 63 heavy (non-hydrogen) atoms. The van der Waals surface area contributed by atoms with Crippen LogP contribution in [0.1, 0.15) is 56.9 Å². The zero-order chi connectivity index (χ0) is 44.9. The van der Waals surface area contributed by atoms with Gasteiger partial charge in [-0.2, -0.15) is 0 Å². The first-order chi connectivity index (χ1) is 30.0. The SMILES string of the molecule is CN(C)CCC(CSc1ccccc1)Nc1ccc(S(=O)(=O)Nc2ncnc3c2CCN(C2CCN(Cc4c(F)cccc4-c4ccc(Cl)cc4)CC2)C3)cc1S(=O)(=O)C(C)(C)C. The molecule has 0 spiro atoms. The van der Waals surface area contributed by atoms with Crippen molar-refractivity contribution in [1.82, 2.24) is 24.7 Å². The second kappa shape index (κ2) is 20.0. The number of hydrogen-bond donors (Lipinski definition) is 2. The summed E-state index contributed by atoms with van der Waals surface area (Å²) in [5.74, 6) is 0.646. The summed E-state index contributed by atoms with van der Waals surface area (Å²) in [6, 6.07) is 27.2. The minimum atomic E-state index is -4.27. The molecule has 2 aliphatic heterocycles. The van der Waals surface area contributed by atoms with Crippen molar-refractivity contribution in [2.45, 2.75) is 91.1 Å². The normalized spacial score (nSPS) is 16.2.